The number of ether oxygens (including phenoxy) is 1. The minimum atomic E-state index is -4.28. The number of benzene rings is 3. The predicted molar refractivity (Wildman–Crippen MR) is 203 cm³/mol. The Kier molecular flexibility index (Phi) is 11.5. The standard InChI is InChI=1S/C36H38Cl2N6O8S2/c1-22-20-23(2)40-34-27(22)6-4-8-31(34)51-21-28-29(37)13-14-32(33(28)38)54(49,50)44-15-5-7-30(44)36(46)42-16-18-43(19-17-42)53(47,48)26-11-9-25(10-12-26)35(39)41-52-24(3)45/h4,6,8-14,20,30H,5,7,15-19,21H2,1-3H3,(H2,39,41)/t30-/m0/s1. The maximum absolute atomic E-state index is 14.2. The van der Waals surface area contributed by atoms with E-state index in [2.05, 4.69) is 15.0 Å². The van der Waals surface area contributed by atoms with Gasteiger partial charge in [0.1, 0.15) is 28.8 Å². The number of carbonyl (C=O) groups excluding carboxylic acids is 2. The number of carbonyl (C=O) groups is 2. The van der Waals surface area contributed by atoms with Crippen molar-refractivity contribution in [3.8, 4) is 5.75 Å². The van der Waals surface area contributed by atoms with E-state index in [-0.39, 0.29) is 70.6 Å². The van der Waals surface area contributed by atoms with E-state index in [4.69, 9.17) is 33.7 Å². The average Bonchev–Trinajstić information content (AvgIpc) is 3.65. The van der Waals surface area contributed by atoms with E-state index < -0.39 is 38.0 Å². The van der Waals surface area contributed by atoms with E-state index >= 15 is 0 Å². The van der Waals surface area contributed by atoms with Crippen molar-refractivity contribution in [2.24, 2.45) is 10.9 Å². The summed E-state index contributed by atoms with van der Waals surface area (Å²) in [7, 11) is -8.21. The first kappa shape index (κ1) is 39.4. The van der Waals surface area contributed by atoms with Crippen LogP contribution in [-0.2, 0) is 41.1 Å². The van der Waals surface area contributed by atoms with Gasteiger partial charge in [0.2, 0.25) is 26.0 Å². The third-order valence-corrected chi connectivity index (χ3v) is 14.1. The Hall–Kier alpha value is -4.32. The molecule has 1 amide bonds. The second kappa shape index (κ2) is 15.8. The molecule has 2 aliphatic rings. The van der Waals surface area contributed by atoms with Gasteiger partial charge in [-0.25, -0.2) is 26.6 Å². The highest BCUT2D eigenvalue weighted by atomic mass is 35.5. The van der Waals surface area contributed by atoms with Crippen molar-refractivity contribution < 1.29 is 36.0 Å². The molecule has 2 fully saturated rings. The van der Waals surface area contributed by atoms with E-state index in [9.17, 15) is 26.4 Å². The van der Waals surface area contributed by atoms with Gasteiger partial charge in [-0.2, -0.15) is 8.61 Å². The van der Waals surface area contributed by atoms with Crippen molar-refractivity contribution in [1.29, 1.82) is 0 Å². The molecule has 54 heavy (non-hydrogen) atoms. The highest BCUT2D eigenvalue weighted by Crippen LogP contribution is 2.37. The maximum atomic E-state index is 14.2. The molecule has 3 heterocycles. The molecular weight excluding hydrogens is 779 g/mol. The summed E-state index contributed by atoms with van der Waals surface area (Å²) in [5, 5.41) is 4.53. The van der Waals surface area contributed by atoms with Gasteiger partial charge in [0.15, 0.2) is 5.84 Å². The molecule has 0 saturated carbocycles. The van der Waals surface area contributed by atoms with Crippen molar-refractivity contribution in [3.05, 3.63) is 93.1 Å². The van der Waals surface area contributed by atoms with Crippen LogP contribution in [0.15, 0.2) is 75.6 Å². The van der Waals surface area contributed by atoms with Crippen LogP contribution in [0.25, 0.3) is 10.9 Å². The smallest absolute Gasteiger partial charge is 0.332 e. The molecule has 0 unspecified atom stereocenters. The van der Waals surface area contributed by atoms with E-state index in [1.54, 1.807) is 6.07 Å². The summed E-state index contributed by atoms with van der Waals surface area (Å²) in [5.74, 6) is -0.678. The van der Waals surface area contributed by atoms with Crippen LogP contribution >= 0.6 is 23.2 Å². The molecule has 0 spiro atoms. The summed E-state index contributed by atoms with van der Waals surface area (Å²) in [5.41, 5.74) is 8.94. The summed E-state index contributed by atoms with van der Waals surface area (Å²) in [6.45, 7) is 5.14. The lowest BCUT2D eigenvalue weighted by Crippen LogP contribution is -2.55. The molecule has 18 heteroatoms. The number of aryl methyl sites for hydroxylation is 2. The number of nitrogens with zero attached hydrogens (tertiary/aromatic N) is 5. The fourth-order valence-electron chi connectivity index (χ4n) is 6.60. The lowest BCUT2D eigenvalue weighted by atomic mass is 10.1. The SMILES string of the molecule is CC(=O)ON=C(N)c1ccc(S(=O)(=O)N2CCN(C(=O)[C@@H]3CCCN3S(=O)(=O)c3ccc(Cl)c(COc4cccc5c(C)cc(C)nc45)c3Cl)CC2)cc1. The number of pyridine rings is 1. The lowest BCUT2D eigenvalue weighted by Gasteiger charge is -2.36. The number of amides is 1. The molecule has 1 aromatic heterocycles. The normalized spacial score (nSPS) is 17.5. The molecule has 1 atom stereocenters. The minimum absolute atomic E-state index is 0.00275. The monoisotopic (exact) mass is 816 g/mol. The van der Waals surface area contributed by atoms with Crippen molar-refractivity contribution in [1.82, 2.24) is 18.5 Å². The Labute approximate surface area is 323 Å². The van der Waals surface area contributed by atoms with Crippen LogP contribution in [0.3, 0.4) is 0 Å². The quantitative estimate of drug-likeness (QED) is 0.103. The van der Waals surface area contributed by atoms with Crippen LogP contribution in [0, 0.1) is 13.8 Å². The summed E-state index contributed by atoms with van der Waals surface area (Å²) >= 11 is 13.3. The fourth-order valence-corrected chi connectivity index (χ4v) is 10.5. The Balaban J connectivity index is 1.14. The maximum Gasteiger partial charge on any atom is 0.332 e. The molecule has 6 rings (SSSR count). The largest absolute Gasteiger partial charge is 0.487 e. The lowest BCUT2D eigenvalue weighted by molar-refractivity contribution is -0.141. The van der Waals surface area contributed by atoms with Gasteiger partial charge in [0.05, 0.1) is 9.92 Å². The van der Waals surface area contributed by atoms with Gasteiger partial charge in [-0.3, -0.25) is 4.79 Å². The number of fused-ring (bicyclic) bond motifs is 1. The molecule has 4 aromatic rings. The number of para-hydroxylation sites is 1. The topological polar surface area (TPSA) is 182 Å². The summed E-state index contributed by atoms with van der Waals surface area (Å²) in [4.78, 5) is 35.3. The highest BCUT2D eigenvalue weighted by Gasteiger charge is 2.43. The second-order valence-electron chi connectivity index (χ2n) is 12.9. The van der Waals surface area contributed by atoms with Crippen LogP contribution in [0.1, 0.15) is 42.1 Å². The number of hydrogen-bond donors (Lipinski definition) is 1. The van der Waals surface area contributed by atoms with Crippen LogP contribution in [0.4, 0.5) is 0 Å². The Morgan fingerprint density at radius 2 is 1.65 bits per heavy atom. The van der Waals surface area contributed by atoms with Gasteiger partial charge in [0, 0.05) is 66.9 Å². The van der Waals surface area contributed by atoms with Crippen molar-refractivity contribution in [2.45, 2.75) is 56.1 Å². The number of nitrogens with two attached hydrogens (primary N) is 1. The van der Waals surface area contributed by atoms with Gasteiger partial charge >= 0.3 is 5.97 Å². The second-order valence-corrected chi connectivity index (χ2v) is 17.5. The van der Waals surface area contributed by atoms with Crippen molar-refractivity contribution in [2.75, 3.05) is 32.7 Å². The van der Waals surface area contributed by atoms with E-state index in [1.165, 1.54) is 52.5 Å². The zero-order valence-corrected chi connectivity index (χ0v) is 32.8. The Morgan fingerprint density at radius 3 is 2.33 bits per heavy atom. The van der Waals surface area contributed by atoms with E-state index in [1.807, 2.05) is 32.0 Å². The van der Waals surface area contributed by atoms with Gasteiger partial charge in [0.25, 0.3) is 0 Å². The third kappa shape index (κ3) is 7.90. The van der Waals surface area contributed by atoms with Crippen LogP contribution in [0.5, 0.6) is 5.75 Å². The molecule has 286 valence electrons. The number of sulfonamides is 2. The minimum Gasteiger partial charge on any atom is -0.487 e. The number of hydrogen-bond acceptors (Lipinski definition) is 10. The van der Waals surface area contributed by atoms with Gasteiger partial charge in [-0.05, 0) is 80.8 Å². The number of rotatable bonds is 10. The zero-order chi connectivity index (χ0) is 38.9. The Morgan fingerprint density at radius 1 is 0.944 bits per heavy atom. The summed E-state index contributed by atoms with van der Waals surface area (Å²) in [6, 6.07) is 14.9. The summed E-state index contributed by atoms with van der Waals surface area (Å²) < 4.78 is 63.7. The van der Waals surface area contributed by atoms with E-state index in [0.29, 0.717) is 29.7 Å². The molecule has 0 aliphatic carbocycles. The van der Waals surface area contributed by atoms with Crippen LogP contribution in [-0.4, -0.2) is 91.8 Å². The first-order valence-corrected chi connectivity index (χ1v) is 20.6. The molecule has 2 aliphatic heterocycles. The molecular formula is C36H38Cl2N6O8S2. The summed E-state index contributed by atoms with van der Waals surface area (Å²) in [6.07, 6.45) is 0.741. The van der Waals surface area contributed by atoms with Crippen molar-refractivity contribution in [3.63, 3.8) is 0 Å². The third-order valence-electron chi connectivity index (χ3n) is 9.35. The average molecular weight is 818 g/mol. The zero-order valence-electron chi connectivity index (χ0n) is 29.7. The molecule has 2 saturated heterocycles. The van der Waals surface area contributed by atoms with Crippen molar-refractivity contribution >= 4 is 71.9 Å². The predicted octanol–water partition coefficient (Wildman–Crippen LogP) is 4.61. The highest BCUT2D eigenvalue weighted by molar-refractivity contribution is 7.89. The number of halogens is 2. The Bertz CT molecular complexity index is 2370. The van der Waals surface area contributed by atoms with Gasteiger partial charge < -0.3 is 20.2 Å². The number of piperazine rings is 1. The molecule has 3 aromatic carbocycles. The van der Waals surface area contributed by atoms with Gasteiger partial charge in [-0.1, -0.05) is 40.5 Å². The molecule has 0 radical (unpaired) electrons. The first-order chi connectivity index (χ1) is 25.6. The van der Waals surface area contributed by atoms with E-state index in [0.717, 1.165) is 20.9 Å². The first-order valence-electron chi connectivity index (χ1n) is 17.0. The van der Waals surface area contributed by atoms with Crippen LogP contribution in [0.2, 0.25) is 10.0 Å². The number of oxime groups is 1. The fraction of sp³-hybridized carbons (Fsp3) is 0.333. The molecule has 0 bridgehead atoms. The number of aromatic nitrogens is 1. The molecule has 14 nitrogen and oxygen atoms in total. The van der Waals surface area contributed by atoms with Crippen LogP contribution < -0.4 is 10.5 Å². The van der Waals surface area contributed by atoms with Gasteiger partial charge in [-0.15, -0.1) is 0 Å². The molecule has 2 N–H and O–H groups in total. The number of amidine groups is 1.